The molecule has 1 aromatic rings. The van der Waals surface area contributed by atoms with Crippen LogP contribution < -0.4 is 0 Å². The van der Waals surface area contributed by atoms with Gasteiger partial charge in [-0.15, -0.1) is 11.3 Å². The highest BCUT2D eigenvalue weighted by atomic mass is 32.1. The molecule has 0 aromatic carbocycles. The first-order chi connectivity index (χ1) is 5.79. The molecule has 0 aliphatic carbocycles. The molecule has 3 nitrogen and oxygen atoms in total. The van der Waals surface area contributed by atoms with E-state index in [1.807, 2.05) is 0 Å². The zero-order valence-electron chi connectivity index (χ0n) is 6.53. The van der Waals surface area contributed by atoms with E-state index < -0.39 is 0 Å². The van der Waals surface area contributed by atoms with Crippen LogP contribution in [0.4, 0.5) is 0 Å². The highest BCUT2D eigenvalue weighted by molar-refractivity contribution is 7.12. The molecule has 0 N–H and O–H groups in total. The summed E-state index contributed by atoms with van der Waals surface area (Å²) in [7, 11) is 1.34. The summed E-state index contributed by atoms with van der Waals surface area (Å²) in [5.74, 6) is -0.358. The molecule has 1 heterocycles. The summed E-state index contributed by atoms with van der Waals surface area (Å²) in [6.07, 6.45) is 0. The molecule has 0 aliphatic heterocycles. The third-order valence-electron chi connectivity index (χ3n) is 1.37. The smallest absolute Gasteiger partial charge is 0.348 e. The Hall–Kier alpha value is -1.34. The van der Waals surface area contributed by atoms with E-state index in [0.29, 0.717) is 4.88 Å². The lowest BCUT2D eigenvalue weighted by molar-refractivity contribution is 0.0605. The standard InChI is InChI=1S/C8H7NO2S/c1-9-5-6-3-4-12-7(6)8(10)11-2/h3-4H,5H2,2H3. The van der Waals surface area contributed by atoms with E-state index in [0.717, 1.165) is 5.56 Å². The summed E-state index contributed by atoms with van der Waals surface area (Å²) in [5.41, 5.74) is 0.752. The molecule has 0 fully saturated rings. The van der Waals surface area contributed by atoms with Gasteiger partial charge in [-0.2, -0.15) is 0 Å². The van der Waals surface area contributed by atoms with Crippen molar-refractivity contribution >= 4 is 17.3 Å². The summed E-state index contributed by atoms with van der Waals surface area (Å²) >= 11 is 1.30. The molecule has 0 saturated heterocycles. The Morgan fingerprint density at radius 2 is 2.58 bits per heavy atom. The Morgan fingerprint density at radius 1 is 1.83 bits per heavy atom. The van der Waals surface area contributed by atoms with Crippen LogP contribution in [0.15, 0.2) is 11.4 Å². The van der Waals surface area contributed by atoms with Crippen LogP contribution >= 0.6 is 11.3 Å². The van der Waals surface area contributed by atoms with Gasteiger partial charge in [-0.25, -0.2) is 11.4 Å². The molecule has 0 amide bonds. The van der Waals surface area contributed by atoms with Gasteiger partial charge in [0.2, 0.25) is 6.54 Å². The van der Waals surface area contributed by atoms with Gasteiger partial charge in [0.05, 0.1) is 12.7 Å². The van der Waals surface area contributed by atoms with Crippen LogP contribution in [0.5, 0.6) is 0 Å². The molecule has 0 atom stereocenters. The molecular weight excluding hydrogens is 174 g/mol. The molecule has 1 aromatic heterocycles. The lowest BCUT2D eigenvalue weighted by atomic mass is 10.2. The van der Waals surface area contributed by atoms with E-state index in [4.69, 9.17) is 6.57 Å². The van der Waals surface area contributed by atoms with Gasteiger partial charge in [0.25, 0.3) is 0 Å². The average Bonchev–Trinajstić information content (AvgIpc) is 2.52. The van der Waals surface area contributed by atoms with Crippen molar-refractivity contribution in [3.05, 3.63) is 33.3 Å². The lowest BCUT2D eigenvalue weighted by Crippen LogP contribution is -2.00. The molecule has 0 aliphatic rings. The van der Waals surface area contributed by atoms with Crippen LogP contribution in [0.3, 0.4) is 0 Å². The molecule has 0 bridgehead atoms. The summed E-state index contributed by atoms with van der Waals surface area (Å²) in [6, 6.07) is 1.77. The molecule has 62 valence electrons. The fourth-order valence-electron chi connectivity index (χ4n) is 0.817. The Kier molecular flexibility index (Phi) is 2.83. The number of rotatable bonds is 2. The topological polar surface area (TPSA) is 30.7 Å². The van der Waals surface area contributed by atoms with Crippen molar-refractivity contribution in [1.82, 2.24) is 0 Å². The van der Waals surface area contributed by atoms with Crippen molar-refractivity contribution in [3.8, 4) is 0 Å². The third-order valence-corrected chi connectivity index (χ3v) is 2.30. The molecule has 0 unspecified atom stereocenters. The fourth-order valence-corrected chi connectivity index (χ4v) is 1.65. The van der Waals surface area contributed by atoms with Gasteiger partial charge in [-0.3, -0.25) is 0 Å². The maximum atomic E-state index is 11.1. The average molecular weight is 181 g/mol. The fraction of sp³-hybridized carbons (Fsp3) is 0.250. The minimum atomic E-state index is -0.358. The number of ether oxygens (including phenoxy) is 1. The highest BCUT2D eigenvalue weighted by Crippen LogP contribution is 2.18. The number of esters is 1. The van der Waals surface area contributed by atoms with Crippen molar-refractivity contribution in [2.45, 2.75) is 6.54 Å². The summed E-state index contributed by atoms with van der Waals surface area (Å²) in [6.45, 7) is 6.90. The van der Waals surface area contributed by atoms with E-state index in [1.165, 1.54) is 18.4 Å². The van der Waals surface area contributed by atoms with Gasteiger partial charge in [-0.1, -0.05) is 0 Å². The Bertz CT molecular complexity index is 324. The largest absolute Gasteiger partial charge is 0.465 e. The number of hydrogen-bond donors (Lipinski definition) is 0. The Morgan fingerprint density at radius 3 is 3.17 bits per heavy atom. The Balaban J connectivity index is 2.92. The van der Waals surface area contributed by atoms with Gasteiger partial charge >= 0.3 is 5.97 Å². The van der Waals surface area contributed by atoms with Crippen LogP contribution in [0.1, 0.15) is 15.2 Å². The van der Waals surface area contributed by atoms with E-state index in [1.54, 1.807) is 11.4 Å². The van der Waals surface area contributed by atoms with Crippen LogP contribution in [-0.2, 0) is 11.3 Å². The predicted molar refractivity (Wildman–Crippen MR) is 46.0 cm³/mol. The van der Waals surface area contributed by atoms with Gasteiger partial charge in [0.1, 0.15) is 4.88 Å². The van der Waals surface area contributed by atoms with Gasteiger partial charge in [0.15, 0.2) is 0 Å². The summed E-state index contributed by atoms with van der Waals surface area (Å²) in [4.78, 5) is 14.8. The predicted octanol–water partition coefficient (Wildman–Crippen LogP) is 1.95. The van der Waals surface area contributed by atoms with E-state index in [-0.39, 0.29) is 12.5 Å². The first kappa shape index (κ1) is 8.75. The van der Waals surface area contributed by atoms with Crippen LogP contribution in [0, 0.1) is 6.57 Å². The summed E-state index contributed by atoms with van der Waals surface area (Å²) < 4.78 is 4.55. The maximum Gasteiger partial charge on any atom is 0.348 e. The minimum absolute atomic E-state index is 0.244. The molecule has 0 saturated carbocycles. The highest BCUT2D eigenvalue weighted by Gasteiger charge is 2.14. The van der Waals surface area contributed by atoms with E-state index in [9.17, 15) is 4.79 Å². The van der Waals surface area contributed by atoms with Crippen molar-refractivity contribution in [3.63, 3.8) is 0 Å². The quantitative estimate of drug-likeness (QED) is 0.515. The van der Waals surface area contributed by atoms with Gasteiger partial charge in [-0.05, 0) is 11.4 Å². The second-order valence-electron chi connectivity index (χ2n) is 2.08. The zero-order valence-corrected chi connectivity index (χ0v) is 7.35. The molecule has 4 heteroatoms. The monoisotopic (exact) mass is 181 g/mol. The second kappa shape index (κ2) is 3.88. The van der Waals surface area contributed by atoms with Gasteiger partial charge < -0.3 is 9.58 Å². The van der Waals surface area contributed by atoms with Crippen molar-refractivity contribution in [1.29, 1.82) is 0 Å². The molecular formula is C8H7NO2S. The van der Waals surface area contributed by atoms with Crippen molar-refractivity contribution in [2.75, 3.05) is 7.11 Å². The number of methoxy groups -OCH3 is 1. The van der Waals surface area contributed by atoms with Crippen LogP contribution in [0.2, 0.25) is 0 Å². The zero-order chi connectivity index (χ0) is 8.97. The normalized spacial score (nSPS) is 9.00. The van der Waals surface area contributed by atoms with Crippen molar-refractivity contribution < 1.29 is 9.53 Å². The molecule has 0 radical (unpaired) electrons. The molecule has 0 spiro atoms. The van der Waals surface area contributed by atoms with E-state index >= 15 is 0 Å². The lowest BCUT2D eigenvalue weighted by Gasteiger charge is -1.94. The SMILES string of the molecule is [C-]#[N+]Cc1ccsc1C(=O)OC. The van der Waals surface area contributed by atoms with E-state index in [2.05, 4.69) is 9.58 Å². The van der Waals surface area contributed by atoms with Gasteiger partial charge in [0, 0.05) is 0 Å². The first-order valence-corrected chi connectivity index (χ1v) is 4.15. The second-order valence-corrected chi connectivity index (χ2v) is 3.00. The van der Waals surface area contributed by atoms with Crippen LogP contribution in [-0.4, -0.2) is 13.1 Å². The minimum Gasteiger partial charge on any atom is -0.465 e. The Labute approximate surface area is 74.4 Å². The number of hydrogen-bond acceptors (Lipinski definition) is 3. The third kappa shape index (κ3) is 1.63. The first-order valence-electron chi connectivity index (χ1n) is 3.27. The molecule has 1 rings (SSSR count). The number of thiophene rings is 1. The molecule has 12 heavy (non-hydrogen) atoms. The summed E-state index contributed by atoms with van der Waals surface area (Å²) in [5, 5.41) is 1.78. The number of carbonyl (C=O) groups is 1. The number of nitrogens with zero attached hydrogens (tertiary/aromatic N) is 1. The number of carbonyl (C=O) groups excluding carboxylic acids is 1. The maximum absolute atomic E-state index is 11.1. The van der Waals surface area contributed by atoms with Crippen LogP contribution in [0.25, 0.3) is 4.85 Å². The van der Waals surface area contributed by atoms with Crippen molar-refractivity contribution in [2.24, 2.45) is 0 Å².